The van der Waals surface area contributed by atoms with Crippen LogP contribution >= 0.6 is 0 Å². The molecule has 0 saturated heterocycles. The largest absolute Gasteiger partial charge is 0.489 e. The quantitative estimate of drug-likeness (QED) is 0.862. The summed E-state index contributed by atoms with van der Waals surface area (Å²) in [5, 5.41) is 3.02. The minimum Gasteiger partial charge on any atom is -0.489 e. The molecule has 0 aliphatic carbocycles. The van der Waals surface area contributed by atoms with Crippen LogP contribution in [0.15, 0.2) is 61.2 Å². The van der Waals surface area contributed by atoms with Crippen LogP contribution in [-0.4, -0.2) is 7.05 Å². The van der Waals surface area contributed by atoms with E-state index < -0.39 is 0 Å². The highest BCUT2D eigenvalue weighted by Crippen LogP contribution is 2.17. The highest BCUT2D eigenvalue weighted by molar-refractivity contribution is 5.61. The van der Waals surface area contributed by atoms with Crippen molar-refractivity contribution in [3.05, 3.63) is 72.3 Å². The maximum atomic E-state index is 5.71. The average molecular weight is 239 g/mol. The third kappa shape index (κ3) is 3.14. The Morgan fingerprint density at radius 3 is 2.33 bits per heavy atom. The lowest BCUT2D eigenvalue weighted by molar-refractivity contribution is 0.306. The molecule has 1 N–H and O–H groups in total. The fourth-order valence-electron chi connectivity index (χ4n) is 1.64. The van der Waals surface area contributed by atoms with E-state index in [2.05, 4.69) is 24.0 Å². The maximum absolute atomic E-state index is 5.71. The molecule has 2 aromatic rings. The van der Waals surface area contributed by atoms with Gasteiger partial charge in [-0.25, -0.2) is 0 Å². The van der Waals surface area contributed by atoms with Crippen LogP contribution in [-0.2, 0) is 6.61 Å². The third-order valence-electron chi connectivity index (χ3n) is 2.75. The molecule has 0 amide bonds. The molecular formula is C16H17NO. The zero-order chi connectivity index (χ0) is 12.8. The fraction of sp³-hybridized carbons (Fsp3) is 0.125. The van der Waals surface area contributed by atoms with Crippen molar-refractivity contribution in [2.75, 3.05) is 7.05 Å². The summed E-state index contributed by atoms with van der Waals surface area (Å²) in [4.78, 5) is 0. The van der Waals surface area contributed by atoms with Crippen LogP contribution in [0.1, 0.15) is 11.1 Å². The molecule has 2 nitrogen and oxygen atoms in total. The van der Waals surface area contributed by atoms with Crippen molar-refractivity contribution in [1.82, 2.24) is 5.32 Å². The van der Waals surface area contributed by atoms with Crippen molar-refractivity contribution in [3.63, 3.8) is 0 Å². The molecule has 0 aromatic heterocycles. The minimum absolute atomic E-state index is 0.590. The van der Waals surface area contributed by atoms with E-state index in [1.165, 1.54) is 5.56 Å². The van der Waals surface area contributed by atoms with Gasteiger partial charge in [-0.15, -0.1) is 0 Å². The van der Waals surface area contributed by atoms with Crippen molar-refractivity contribution in [2.24, 2.45) is 0 Å². The SMILES string of the molecule is C=C(NC)c1ccc(OCc2ccccc2)cc1. The molecule has 0 unspecified atom stereocenters. The van der Waals surface area contributed by atoms with Crippen LogP contribution < -0.4 is 10.1 Å². The molecule has 0 bridgehead atoms. The first-order valence-electron chi connectivity index (χ1n) is 5.93. The summed E-state index contributed by atoms with van der Waals surface area (Å²) in [6.07, 6.45) is 0. The molecule has 0 saturated carbocycles. The van der Waals surface area contributed by atoms with E-state index in [1.54, 1.807) is 0 Å². The van der Waals surface area contributed by atoms with Crippen LogP contribution in [0.5, 0.6) is 5.75 Å². The zero-order valence-electron chi connectivity index (χ0n) is 10.5. The second-order valence-corrected chi connectivity index (χ2v) is 4.03. The number of nitrogens with one attached hydrogen (secondary N) is 1. The van der Waals surface area contributed by atoms with Crippen molar-refractivity contribution in [2.45, 2.75) is 6.61 Å². The first kappa shape index (κ1) is 12.2. The standard InChI is InChI=1S/C16H17NO/c1-13(17-2)15-8-10-16(11-9-15)18-12-14-6-4-3-5-7-14/h3-11,17H,1,12H2,2H3. The molecule has 0 fully saturated rings. The summed E-state index contributed by atoms with van der Waals surface area (Å²) in [5.74, 6) is 0.867. The van der Waals surface area contributed by atoms with E-state index in [4.69, 9.17) is 4.74 Å². The lowest BCUT2D eigenvalue weighted by atomic mass is 10.1. The predicted octanol–water partition coefficient (Wildman–Crippen LogP) is 3.46. The summed E-state index contributed by atoms with van der Waals surface area (Å²) in [5.41, 5.74) is 3.15. The maximum Gasteiger partial charge on any atom is 0.119 e. The van der Waals surface area contributed by atoms with E-state index in [0.29, 0.717) is 6.61 Å². The topological polar surface area (TPSA) is 21.3 Å². The molecule has 0 spiro atoms. The van der Waals surface area contributed by atoms with Gasteiger partial charge in [-0.05, 0) is 35.4 Å². The Bertz CT molecular complexity index is 502. The Labute approximate surface area is 108 Å². The number of rotatable bonds is 5. The summed E-state index contributed by atoms with van der Waals surface area (Å²) in [7, 11) is 1.86. The van der Waals surface area contributed by atoms with Gasteiger partial charge in [0, 0.05) is 12.7 Å². The van der Waals surface area contributed by atoms with Gasteiger partial charge in [0.25, 0.3) is 0 Å². The first-order chi connectivity index (χ1) is 8.79. The van der Waals surface area contributed by atoms with E-state index in [1.807, 2.05) is 49.5 Å². The van der Waals surface area contributed by atoms with Crippen molar-refractivity contribution in [3.8, 4) is 5.75 Å². The molecule has 2 rings (SSSR count). The molecular weight excluding hydrogens is 222 g/mol. The molecule has 0 atom stereocenters. The normalized spacial score (nSPS) is 9.83. The summed E-state index contributed by atoms with van der Waals surface area (Å²) >= 11 is 0. The molecule has 92 valence electrons. The predicted molar refractivity (Wildman–Crippen MR) is 75.3 cm³/mol. The van der Waals surface area contributed by atoms with Gasteiger partial charge in [0.15, 0.2) is 0 Å². The third-order valence-corrected chi connectivity index (χ3v) is 2.75. The number of ether oxygens (including phenoxy) is 1. The lowest BCUT2D eigenvalue weighted by Crippen LogP contribution is -2.02. The molecule has 0 aliphatic heterocycles. The van der Waals surface area contributed by atoms with Crippen LogP contribution in [0.25, 0.3) is 5.70 Å². The van der Waals surface area contributed by atoms with Crippen molar-refractivity contribution >= 4 is 5.70 Å². The Balaban J connectivity index is 1.97. The second-order valence-electron chi connectivity index (χ2n) is 4.03. The molecule has 2 aromatic carbocycles. The lowest BCUT2D eigenvalue weighted by Gasteiger charge is -2.08. The van der Waals surface area contributed by atoms with Gasteiger partial charge in [0.1, 0.15) is 12.4 Å². The van der Waals surface area contributed by atoms with Gasteiger partial charge in [-0.2, -0.15) is 0 Å². The Morgan fingerprint density at radius 2 is 1.72 bits per heavy atom. The number of benzene rings is 2. The van der Waals surface area contributed by atoms with Gasteiger partial charge in [0.05, 0.1) is 0 Å². The minimum atomic E-state index is 0.590. The molecule has 0 heterocycles. The highest BCUT2D eigenvalue weighted by Gasteiger charge is 1.98. The number of hydrogen-bond acceptors (Lipinski definition) is 2. The Morgan fingerprint density at radius 1 is 1.06 bits per heavy atom. The average Bonchev–Trinajstić information content (AvgIpc) is 2.46. The second kappa shape index (κ2) is 5.92. The molecule has 0 radical (unpaired) electrons. The highest BCUT2D eigenvalue weighted by atomic mass is 16.5. The van der Waals surface area contributed by atoms with Gasteiger partial charge in [0.2, 0.25) is 0 Å². The van der Waals surface area contributed by atoms with Crippen molar-refractivity contribution < 1.29 is 4.74 Å². The van der Waals surface area contributed by atoms with Gasteiger partial charge >= 0.3 is 0 Å². The van der Waals surface area contributed by atoms with E-state index in [0.717, 1.165) is 17.0 Å². The first-order valence-corrected chi connectivity index (χ1v) is 5.93. The van der Waals surface area contributed by atoms with Crippen LogP contribution in [0.3, 0.4) is 0 Å². The Kier molecular flexibility index (Phi) is 4.02. The van der Waals surface area contributed by atoms with Crippen LogP contribution in [0.2, 0.25) is 0 Å². The van der Waals surface area contributed by atoms with Crippen molar-refractivity contribution in [1.29, 1.82) is 0 Å². The van der Waals surface area contributed by atoms with Crippen LogP contribution in [0.4, 0.5) is 0 Å². The zero-order valence-corrected chi connectivity index (χ0v) is 10.5. The summed E-state index contributed by atoms with van der Waals surface area (Å²) in [6, 6.07) is 18.0. The van der Waals surface area contributed by atoms with Gasteiger partial charge in [-0.3, -0.25) is 0 Å². The van der Waals surface area contributed by atoms with E-state index in [-0.39, 0.29) is 0 Å². The molecule has 18 heavy (non-hydrogen) atoms. The Hall–Kier alpha value is -2.22. The molecule has 0 aliphatic rings. The summed E-state index contributed by atoms with van der Waals surface area (Å²) in [6.45, 7) is 4.51. The summed E-state index contributed by atoms with van der Waals surface area (Å²) < 4.78 is 5.71. The number of hydrogen-bond donors (Lipinski definition) is 1. The van der Waals surface area contributed by atoms with Crippen LogP contribution in [0, 0.1) is 0 Å². The van der Waals surface area contributed by atoms with E-state index in [9.17, 15) is 0 Å². The smallest absolute Gasteiger partial charge is 0.119 e. The molecule has 2 heteroatoms. The monoisotopic (exact) mass is 239 g/mol. The fourth-order valence-corrected chi connectivity index (χ4v) is 1.64. The van der Waals surface area contributed by atoms with Gasteiger partial charge in [-0.1, -0.05) is 36.9 Å². The van der Waals surface area contributed by atoms with Gasteiger partial charge < -0.3 is 10.1 Å². The van der Waals surface area contributed by atoms with E-state index >= 15 is 0 Å².